The van der Waals surface area contributed by atoms with E-state index in [0.29, 0.717) is 16.2 Å². The second-order valence-corrected chi connectivity index (χ2v) is 5.77. The summed E-state index contributed by atoms with van der Waals surface area (Å²) in [4.78, 5) is 13.2. The van der Waals surface area contributed by atoms with Crippen molar-refractivity contribution in [2.45, 2.75) is 11.1 Å². The lowest BCUT2D eigenvalue weighted by Crippen LogP contribution is -2.17. The topological polar surface area (TPSA) is 29.1 Å². The summed E-state index contributed by atoms with van der Waals surface area (Å²) in [7, 11) is 0. The molecule has 0 fully saturated rings. The van der Waals surface area contributed by atoms with E-state index in [0.717, 1.165) is 17.0 Å². The number of hydrogen-bond donors (Lipinski definition) is 1. The van der Waals surface area contributed by atoms with Crippen molar-refractivity contribution in [1.29, 1.82) is 0 Å². The highest BCUT2D eigenvalue weighted by Gasteiger charge is 2.30. The van der Waals surface area contributed by atoms with Crippen molar-refractivity contribution >= 4 is 29.4 Å². The summed E-state index contributed by atoms with van der Waals surface area (Å²) < 4.78 is 38.1. The Labute approximate surface area is 129 Å². The molecule has 1 heterocycles. The molecular weight excluding hydrogens is 311 g/mol. The fraction of sp³-hybridized carbons (Fsp3) is 0.0625. The zero-order valence-corrected chi connectivity index (χ0v) is 12.0. The first-order chi connectivity index (χ1) is 10.4. The van der Waals surface area contributed by atoms with E-state index in [1.807, 2.05) is 12.1 Å². The summed E-state index contributed by atoms with van der Waals surface area (Å²) in [5.41, 5.74) is 0.314. The number of para-hydroxylation sites is 1. The highest BCUT2D eigenvalue weighted by molar-refractivity contribution is 8.04. The maximum Gasteiger partial charge on any atom is 0.416 e. The van der Waals surface area contributed by atoms with Gasteiger partial charge in [0.05, 0.1) is 16.2 Å². The lowest BCUT2D eigenvalue weighted by Gasteiger charge is -2.18. The molecule has 1 aliphatic rings. The Morgan fingerprint density at radius 3 is 2.59 bits per heavy atom. The summed E-state index contributed by atoms with van der Waals surface area (Å²) in [6.07, 6.45) is -2.94. The minimum absolute atomic E-state index is 0.318. The van der Waals surface area contributed by atoms with Crippen molar-refractivity contribution in [3.05, 3.63) is 64.6 Å². The van der Waals surface area contributed by atoms with Crippen LogP contribution < -0.4 is 5.32 Å². The van der Waals surface area contributed by atoms with Crippen molar-refractivity contribution in [2.75, 3.05) is 5.32 Å². The minimum atomic E-state index is -4.40. The molecule has 0 saturated heterocycles. The minimum Gasteiger partial charge on any atom is -0.320 e. The first-order valence-electron chi connectivity index (χ1n) is 6.41. The van der Waals surface area contributed by atoms with Crippen LogP contribution in [-0.4, -0.2) is 5.91 Å². The van der Waals surface area contributed by atoms with E-state index in [9.17, 15) is 18.0 Å². The molecule has 112 valence electrons. The van der Waals surface area contributed by atoms with Crippen molar-refractivity contribution < 1.29 is 18.0 Å². The predicted octanol–water partition coefficient (Wildman–Crippen LogP) is 4.79. The first-order valence-corrected chi connectivity index (χ1v) is 7.22. The van der Waals surface area contributed by atoms with E-state index < -0.39 is 11.7 Å². The molecule has 0 unspecified atom stereocenters. The molecule has 0 atom stereocenters. The van der Waals surface area contributed by atoms with Crippen LogP contribution in [0.2, 0.25) is 0 Å². The van der Waals surface area contributed by atoms with Gasteiger partial charge in [-0.1, -0.05) is 36.0 Å². The van der Waals surface area contributed by atoms with Crippen LogP contribution in [-0.2, 0) is 11.0 Å². The quantitative estimate of drug-likeness (QED) is 0.765. The second kappa shape index (κ2) is 5.53. The van der Waals surface area contributed by atoms with Gasteiger partial charge in [0.25, 0.3) is 5.91 Å². The van der Waals surface area contributed by atoms with Gasteiger partial charge in [0.1, 0.15) is 0 Å². The van der Waals surface area contributed by atoms with Gasteiger partial charge in [-0.15, -0.1) is 0 Å². The first kappa shape index (κ1) is 14.7. The third-order valence-corrected chi connectivity index (χ3v) is 4.19. The summed E-state index contributed by atoms with van der Waals surface area (Å²) in [6, 6.07) is 12.2. The van der Waals surface area contributed by atoms with Gasteiger partial charge in [-0.2, -0.15) is 13.2 Å². The number of carbonyl (C=O) groups is 1. The Bertz CT molecular complexity index is 768. The van der Waals surface area contributed by atoms with Crippen molar-refractivity contribution in [2.24, 2.45) is 0 Å². The Morgan fingerprint density at radius 2 is 1.82 bits per heavy atom. The zero-order valence-electron chi connectivity index (χ0n) is 11.1. The number of rotatable bonds is 1. The molecule has 3 rings (SSSR count). The molecule has 1 amide bonds. The summed E-state index contributed by atoms with van der Waals surface area (Å²) in [5.74, 6) is -0.318. The van der Waals surface area contributed by atoms with Crippen molar-refractivity contribution in [1.82, 2.24) is 0 Å². The Kier molecular flexibility index (Phi) is 3.70. The van der Waals surface area contributed by atoms with Gasteiger partial charge >= 0.3 is 6.18 Å². The van der Waals surface area contributed by atoms with Gasteiger partial charge in [0.2, 0.25) is 0 Å². The third-order valence-electron chi connectivity index (χ3n) is 3.09. The molecule has 2 aromatic carbocycles. The molecule has 0 bridgehead atoms. The number of halogens is 3. The van der Waals surface area contributed by atoms with Crippen molar-refractivity contribution in [3.8, 4) is 0 Å². The van der Waals surface area contributed by atoms with Crippen LogP contribution in [0, 0.1) is 0 Å². The molecule has 0 saturated carbocycles. The fourth-order valence-electron chi connectivity index (χ4n) is 2.06. The average Bonchev–Trinajstić information content (AvgIpc) is 2.47. The van der Waals surface area contributed by atoms with Crippen LogP contribution in [0.15, 0.2) is 58.3 Å². The smallest absolute Gasteiger partial charge is 0.320 e. The van der Waals surface area contributed by atoms with Crippen LogP contribution in [0.1, 0.15) is 11.1 Å². The molecule has 0 aliphatic carbocycles. The van der Waals surface area contributed by atoms with Gasteiger partial charge < -0.3 is 5.32 Å². The van der Waals surface area contributed by atoms with E-state index in [1.165, 1.54) is 30.0 Å². The number of benzene rings is 2. The van der Waals surface area contributed by atoms with Crippen LogP contribution >= 0.6 is 11.8 Å². The maximum atomic E-state index is 12.7. The van der Waals surface area contributed by atoms with E-state index in [2.05, 4.69) is 5.32 Å². The van der Waals surface area contributed by atoms with Crippen molar-refractivity contribution in [3.63, 3.8) is 0 Å². The van der Waals surface area contributed by atoms with E-state index in [1.54, 1.807) is 12.1 Å². The highest BCUT2D eigenvalue weighted by atomic mass is 32.2. The normalized spacial score (nSPS) is 16.3. The molecule has 2 nitrogen and oxygen atoms in total. The van der Waals surface area contributed by atoms with Gasteiger partial charge in [0, 0.05) is 4.90 Å². The lowest BCUT2D eigenvalue weighted by molar-refractivity contribution is -0.137. The number of thioether (sulfide) groups is 1. The number of fused-ring (bicyclic) bond motifs is 1. The van der Waals surface area contributed by atoms with Gasteiger partial charge in [-0.25, -0.2) is 0 Å². The fourth-order valence-corrected chi connectivity index (χ4v) is 3.01. The summed E-state index contributed by atoms with van der Waals surface area (Å²) >= 11 is 1.24. The van der Waals surface area contributed by atoms with Gasteiger partial charge in [-0.05, 0) is 35.9 Å². The SMILES string of the molecule is O=C1Nc2ccccc2S/C1=C/c1cccc(C(F)(F)F)c1. The summed E-state index contributed by atoms with van der Waals surface area (Å²) in [6.45, 7) is 0. The Morgan fingerprint density at radius 1 is 1.05 bits per heavy atom. The van der Waals surface area contributed by atoms with E-state index >= 15 is 0 Å². The molecule has 0 aromatic heterocycles. The average molecular weight is 321 g/mol. The second-order valence-electron chi connectivity index (χ2n) is 4.68. The standard InChI is InChI=1S/C16H10F3NOS/c17-16(18,19)11-5-3-4-10(8-11)9-14-15(21)20-12-6-1-2-7-13(12)22-14/h1-9H,(H,20,21)/b14-9+. The monoisotopic (exact) mass is 321 g/mol. The molecule has 6 heteroatoms. The van der Waals surface area contributed by atoms with Crippen LogP contribution in [0.4, 0.5) is 18.9 Å². The molecule has 1 N–H and O–H groups in total. The largest absolute Gasteiger partial charge is 0.416 e. The Hall–Kier alpha value is -2.21. The van der Waals surface area contributed by atoms with Crippen LogP contribution in [0.5, 0.6) is 0 Å². The maximum absolute atomic E-state index is 12.7. The molecule has 0 radical (unpaired) electrons. The Balaban J connectivity index is 1.95. The molecule has 2 aromatic rings. The van der Waals surface area contributed by atoms with Gasteiger partial charge in [0.15, 0.2) is 0 Å². The van der Waals surface area contributed by atoms with Gasteiger partial charge in [-0.3, -0.25) is 4.79 Å². The highest BCUT2D eigenvalue weighted by Crippen LogP contribution is 2.39. The van der Waals surface area contributed by atoms with Crippen LogP contribution in [0.3, 0.4) is 0 Å². The molecule has 22 heavy (non-hydrogen) atoms. The number of carbonyl (C=O) groups excluding carboxylic acids is 1. The van der Waals surface area contributed by atoms with E-state index in [-0.39, 0.29) is 5.91 Å². The number of anilines is 1. The summed E-state index contributed by atoms with van der Waals surface area (Å²) in [5, 5.41) is 2.72. The number of nitrogens with one attached hydrogen (secondary N) is 1. The zero-order chi connectivity index (χ0) is 15.7. The number of hydrogen-bond acceptors (Lipinski definition) is 2. The lowest BCUT2D eigenvalue weighted by atomic mass is 10.1. The third kappa shape index (κ3) is 3.01. The number of amides is 1. The number of alkyl halides is 3. The molecule has 0 spiro atoms. The molecular formula is C16H10F3NOS. The predicted molar refractivity (Wildman–Crippen MR) is 80.3 cm³/mol. The van der Waals surface area contributed by atoms with E-state index in [4.69, 9.17) is 0 Å². The van der Waals surface area contributed by atoms with Crippen LogP contribution in [0.25, 0.3) is 6.08 Å². The molecule has 1 aliphatic heterocycles.